The van der Waals surface area contributed by atoms with E-state index in [2.05, 4.69) is 67.4 Å². The van der Waals surface area contributed by atoms with Crippen LogP contribution in [0.4, 0.5) is 5.69 Å². The largest absolute Gasteiger partial charge is 0.378 e. The summed E-state index contributed by atoms with van der Waals surface area (Å²) in [5.74, 6) is 0. The number of benzene rings is 2. The summed E-state index contributed by atoms with van der Waals surface area (Å²) in [4.78, 5) is 2.34. The molecule has 1 fully saturated rings. The van der Waals surface area contributed by atoms with Gasteiger partial charge in [0.05, 0.1) is 24.4 Å². The molecule has 1 aliphatic rings. The van der Waals surface area contributed by atoms with Gasteiger partial charge in [-0.05, 0) is 36.4 Å². The van der Waals surface area contributed by atoms with E-state index >= 15 is 0 Å². The predicted molar refractivity (Wildman–Crippen MR) is 95.7 cm³/mol. The number of morpholine rings is 1. The Morgan fingerprint density at radius 3 is 2.48 bits per heavy atom. The van der Waals surface area contributed by atoms with Gasteiger partial charge in [0.1, 0.15) is 0 Å². The quantitative estimate of drug-likeness (QED) is 0.686. The van der Waals surface area contributed by atoms with Crippen LogP contribution in [-0.2, 0) is 4.74 Å². The lowest BCUT2D eigenvalue weighted by molar-refractivity contribution is 0.122. The van der Waals surface area contributed by atoms with E-state index in [4.69, 9.17) is 4.74 Å². The maximum Gasteiger partial charge on any atom is 0.0936 e. The van der Waals surface area contributed by atoms with Gasteiger partial charge in [0.25, 0.3) is 0 Å². The van der Waals surface area contributed by atoms with Crippen molar-refractivity contribution in [1.29, 1.82) is 0 Å². The molecule has 1 saturated heterocycles. The molecule has 4 nitrogen and oxygen atoms in total. The highest BCUT2D eigenvalue weighted by Crippen LogP contribution is 2.25. The first kappa shape index (κ1) is 14.6. The zero-order valence-corrected chi connectivity index (χ0v) is 14.2. The summed E-state index contributed by atoms with van der Waals surface area (Å²) in [6.07, 6.45) is 0. The zero-order chi connectivity index (χ0) is 15.6. The molecule has 0 unspecified atom stereocenters. The summed E-state index contributed by atoms with van der Waals surface area (Å²) in [5.41, 5.74) is 4.11. The van der Waals surface area contributed by atoms with Gasteiger partial charge in [-0.2, -0.15) is 0 Å². The molecule has 0 aliphatic carbocycles. The molecule has 4 rings (SSSR count). The maximum absolute atomic E-state index is 5.40. The summed E-state index contributed by atoms with van der Waals surface area (Å²) >= 11 is 3.50. The summed E-state index contributed by atoms with van der Waals surface area (Å²) in [7, 11) is 0. The second kappa shape index (κ2) is 6.26. The van der Waals surface area contributed by atoms with Gasteiger partial charge in [-0.3, -0.25) is 0 Å². The molecule has 1 aromatic heterocycles. The lowest BCUT2D eigenvalue weighted by atomic mass is 10.1. The molecule has 3 aromatic rings. The molecule has 0 radical (unpaired) electrons. The van der Waals surface area contributed by atoms with E-state index in [1.165, 1.54) is 5.69 Å². The number of hydrogen-bond donors (Lipinski definition) is 0. The van der Waals surface area contributed by atoms with Gasteiger partial charge in [-0.15, -0.1) is 10.2 Å². The van der Waals surface area contributed by atoms with Crippen LogP contribution in [0.2, 0.25) is 0 Å². The number of halogens is 1. The van der Waals surface area contributed by atoms with E-state index in [-0.39, 0.29) is 0 Å². The maximum atomic E-state index is 5.40. The van der Waals surface area contributed by atoms with Crippen LogP contribution in [0.5, 0.6) is 0 Å². The van der Waals surface area contributed by atoms with Crippen molar-refractivity contribution in [3.05, 3.63) is 53.0 Å². The molecular formula is C18H16BrN3O. The van der Waals surface area contributed by atoms with E-state index in [1.807, 2.05) is 12.1 Å². The fourth-order valence-electron chi connectivity index (χ4n) is 2.82. The number of hydrogen-bond acceptors (Lipinski definition) is 4. The highest BCUT2D eigenvalue weighted by Gasteiger charge is 2.11. The molecule has 5 heteroatoms. The van der Waals surface area contributed by atoms with Gasteiger partial charge >= 0.3 is 0 Å². The van der Waals surface area contributed by atoms with Crippen molar-refractivity contribution in [2.45, 2.75) is 0 Å². The van der Waals surface area contributed by atoms with Crippen LogP contribution in [0.15, 0.2) is 53.0 Å². The van der Waals surface area contributed by atoms with Crippen LogP contribution in [0.3, 0.4) is 0 Å². The number of nitrogens with zero attached hydrogens (tertiary/aromatic N) is 3. The van der Waals surface area contributed by atoms with Crippen molar-refractivity contribution in [2.24, 2.45) is 0 Å². The van der Waals surface area contributed by atoms with Crippen molar-refractivity contribution in [2.75, 3.05) is 31.2 Å². The predicted octanol–water partition coefficient (Wildman–Crippen LogP) is 3.90. The minimum atomic E-state index is 0.798. The summed E-state index contributed by atoms with van der Waals surface area (Å²) in [6, 6.07) is 16.6. The highest BCUT2D eigenvalue weighted by atomic mass is 79.9. The summed E-state index contributed by atoms with van der Waals surface area (Å²) in [5, 5.41) is 9.75. The normalized spacial score (nSPS) is 15.1. The van der Waals surface area contributed by atoms with E-state index in [0.717, 1.165) is 52.9 Å². The van der Waals surface area contributed by atoms with Gasteiger partial charge in [0, 0.05) is 34.2 Å². The third-order valence-corrected chi connectivity index (χ3v) is 4.58. The second-order valence-corrected chi connectivity index (χ2v) is 6.49. The Hall–Kier alpha value is -1.98. The molecule has 0 atom stereocenters. The minimum Gasteiger partial charge on any atom is -0.378 e. The Bertz CT molecular complexity index is 829. The Morgan fingerprint density at radius 2 is 1.70 bits per heavy atom. The molecule has 116 valence electrons. The molecule has 0 amide bonds. The first-order valence-electron chi connectivity index (χ1n) is 7.66. The number of aromatic nitrogens is 2. The standard InChI is InChI=1S/C18H16BrN3O/c19-15-3-6-17-14(11-15)12-18(21-20-17)13-1-4-16(5-2-13)22-7-9-23-10-8-22/h1-6,11-12H,7-10H2. The number of anilines is 1. The van der Waals surface area contributed by atoms with E-state index in [0.29, 0.717) is 0 Å². The monoisotopic (exact) mass is 369 g/mol. The van der Waals surface area contributed by atoms with Crippen LogP contribution in [-0.4, -0.2) is 36.5 Å². The first-order valence-corrected chi connectivity index (χ1v) is 8.45. The fraction of sp³-hybridized carbons (Fsp3) is 0.222. The topological polar surface area (TPSA) is 38.2 Å². The van der Waals surface area contributed by atoms with Crippen LogP contribution in [0.1, 0.15) is 0 Å². The van der Waals surface area contributed by atoms with Crippen LogP contribution in [0, 0.1) is 0 Å². The molecule has 0 N–H and O–H groups in total. The molecule has 23 heavy (non-hydrogen) atoms. The van der Waals surface area contributed by atoms with E-state index in [1.54, 1.807) is 0 Å². The van der Waals surface area contributed by atoms with Gasteiger partial charge in [-0.1, -0.05) is 28.1 Å². The Morgan fingerprint density at radius 1 is 0.913 bits per heavy atom. The van der Waals surface area contributed by atoms with Crippen molar-refractivity contribution in [1.82, 2.24) is 10.2 Å². The van der Waals surface area contributed by atoms with Crippen molar-refractivity contribution in [3.63, 3.8) is 0 Å². The van der Waals surface area contributed by atoms with Gasteiger partial charge < -0.3 is 9.64 Å². The van der Waals surface area contributed by atoms with Crippen molar-refractivity contribution < 1.29 is 4.74 Å². The SMILES string of the molecule is Brc1ccc2nnc(-c3ccc(N4CCOCC4)cc3)cc2c1. The zero-order valence-electron chi connectivity index (χ0n) is 12.6. The summed E-state index contributed by atoms with van der Waals surface area (Å²) in [6.45, 7) is 3.49. The van der Waals surface area contributed by atoms with E-state index in [9.17, 15) is 0 Å². The van der Waals surface area contributed by atoms with Crippen LogP contribution < -0.4 is 4.90 Å². The summed E-state index contributed by atoms with van der Waals surface area (Å²) < 4.78 is 6.45. The first-order chi connectivity index (χ1) is 11.3. The van der Waals surface area contributed by atoms with Gasteiger partial charge in [-0.25, -0.2) is 0 Å². The molecule has 2 heterocycles. The van der Waals surface area contributed by atoms with Crippen molar-refractivity contribution >= 4 is 32.5 Å². The Balaban J connectivity index is 1.64. The Labute approximate surface area is 143 Å². The van der Waals surface area contributed by atoms with E-state index < -0.39 is 0 Å². The second-order valence-electron chi connectivity index (χ2n) is 5.58. The lowest BCUT2D eigenvalue weighted by Gasteiger charge is -2.28. The van der Waals surface area contributed by atoms with Crippen molar-refractivity contribution in [3.8, 4) is 11.3 Å². The molecule has 2 aromatic carbocycles. The van der Waals surface area contributed by atoms with Gasteiger partial charge in [0.15, 0.2) is 0 Å². The smallest absolute Gasteiger partial charge is 0.0936 e. The molecule has 0 spiro atoms. The third-order valence-electron chi connectivity index (χ3n) is 4.09. The average molecular weight is 370 g/mol. The number of rotatable bonds is 2. The average Bonchev–Trinajstić information content (AvgIpc) is 2.62. The molecule has 0 saturated carbocycles. The van der Waals surface area contributed by atoms with Gasteiger partial charge in [0.2, 0.25) is 0 Å². The van der Waals surface area contributed by atoms with Crippen LogP contribution >= 0.6 is 15.9 Å². The minimum absolute atomic E-state index is 0.798. The highest BCUT2D eigenvalue weighted by molar-refractivity contribution is 9.10. The molecule has 0 bridgehead atoms. The fourth-order valence-corrected chi connectivity index (χ4v) is 3.20. The van der Waals surface area contributed by atoms with Crippen LogP contribution in [0.25, 0.3) is 22.2 Å². The lowest BCUT2D eigenvalue weighted by Crippen LogP contribution is -2.36. The number of ether oxygens (including phenoxy) is 1. The molecular weight excluding hydrogens is 354 g/mol. The molecule has 1 aliphatic heterocycles. The Kier molecular flexibility index (Phi) is 3.97. The number of fused-ring (bicyclic) bond motifs is 1. The third kappa shape index (κ3) is 3.07.